The van der Waals surface area contributed by atoms with Gasteiger partial charge in [0.15, 0.2) is 0 Å². The molecular weight excluding hydrogens is 361 g/mol. The first-order valence-corrected chi connectivity index (χ1v) is 9.94. The molecule has 6 nitrogen and oxygen atoms in total. The molecule has 1 aromatic heterocycles. The van der Waals surface area contributed by atoms with Crippen LogP contribution in [0.4, 0.5) is 4.39 Å². The zero-order valence-corrected chi connectivity index (χ0v) is 16.2. The van der Waals surface area contributed by atoms with Gasteiger partial charge in [-0.1, -0.05) is 0 Å². The number of H-pyrrole nitrogens is 1. The largest absolute Gasteiger partial charge is 0.378 e. The molecule has 4 rings (SSSR count). The zero-order valence-electron chi connectivity index (χ0n) is 16.2. The van der Waals surface area contributed by atoms with Crippen LogP contribution in [0.15, 0.2) is 18.2 Å². The number of halogens is 1. The van der Waals surface area contributed by atoms with Gasteiger partial charge in [0.1, 0.15) is 5.82 Å². The van der Waals surface area contributed by atoms with Crippen molar-refractivity contribution < 1.29 is 18.7 Å². The SMILES string of the molecule is Cc1[nH]c2ccc(F)cc2c1CC(=O)N1CCC(C(=O)N2CCOCC2)CC1. The molecule has 2 amide bonds. The Morgan fingerprint density at radius 2 is 1.86 bits per heavy atom. The number of ether oxygens (including phenoxy) is 1. The number of fused-ring (bicyclic) bond motifs is 1. The molecule has 0 saturated carbocycles. The minimum atomic E-state index is -0.303. The minimum Gasteiger partial charge on any atom is -0.378 e. The second kappa shape index (κ2) is 7.91. The van der Waals surface area contributed by atoms with Gasteiger partial charge in [-0.25, -0.2) is 4.39 Å². The lowest BCUT2D eigenvalue weighted by atomic mass is 9.94. The number of carbonyl (C=O) groups is 2. The van der Waals surface area contributed by atoms with E-state index in [0.717, 1.165) is 22.2 Å². The molecule has 1 N–H and O–H groups in total. The number of aromatic amines is 1. The van der Waals surface area contributed by atoms with Crippen LogP contribution in [0.1, 0.15) is 24.1 Å². The zero-order chi connectivity index (χ0) is 19.7. The number of piperidine rings is 1. The van der Waals surface area contributed by atoms with Crippen LogP contribution in [0.5, 0.6) is 0 Å². The first kappa shape index (κ1) is 18.9. The van der Waals surface area contributed by atoms with E-state index in [9.17, 15) is 14.0 Å². The van der Waals surface area contributed by atoms with Crippen LogP contribution in [-0.2, 0) is 20.7 Å². The smallest absolute Gasteiger partial charge is 0.227 e. The van der Waals surface area contributed by atoms with E-state index in [4.69, 9.17) is 4.74 Å². The summed E-state index contributed by atoms with van der Waals surface area (Å²) in [7, 11) is 0. The van der Waals surface area contributed by atoms with Gasteiger partial charge >= 0.3 is 0 Å². The van der Waals surface area contributed by atoms with Gasteiger partial charge in [0.25, 0.3) is 0 Å². The monoisotopic (exact) mass is 387 g/mol. The van der Waals surface area contributed by atoms with Crippen LogP contribution in [0, 0.1) is 18.7 Å². The van der Waals surface area contributed by atoms with Crippen LogP contribution >= 0.6 is 0 Å². The maximum atomic E-state index is 13.6. The van der Waals surface area contributed by atoms with E-state index in [1.54, 1.807) is 6.07 Å². The Bertz CT molecular complexity index is 880. The summed E-state index contributed by atoms with van der Waals surface area (Å²) in [4.78, 5) is 32.4. The summed E-state index contributed by atoms with van der Waals surface area (Å²) in [5.41, 5.74) is 2.59. The molecule has 0 radical (unpaired) electrons. The number of benzene rings is 1. The van der Waals surface area contributed by atoms with E-state index < -0.39 is 0 Å². The first-order valence-electron chi connectivity index (χ1n) is 9.94. The molecule has 28 heavy (non-hydrogen) atoms. The van der Waals surface area contributed by atoms with Crippen LogP contribution in [0.25, 0.3) is 10.9 Å². The number of nitrogens with zero attached hydrogens (tertiary/aromatic N) is 2. The number of hydrogen-bond acceptors (Lipinski definition) is 3. The molecule has 0 bridgehead atoms. The predicted molar refractivity (Wildman–Crippen MR) is 103 cm³/mol. The lowest BCUT2D eigenvalue weighted by molar-refractivity contribution is -0.143. The van der Waals surface area contributed by atoms with Gasteiger partial charge in [0, 0.05) is 48.7 Å². The molecule has 2 saturated heterocycles. The fraction of sp³-hybridized carbons (Fsp3) is 0.524. The molecule has 3 heterocycles. The number of aromatic nitrogens is 1. The Balaban J connectivity index is 1.37. The van der Waals surface area contributed by atoms with Gasteiger partial charge in [-0.3, -0.25) is 9.59 Å². The highest BCUT2D eigenvalue weighted by Gasteiger charge is 2.31. The van der Waals surface area contributed by atoms with E-state index in [1.807, 2.05) is 16.7 Å². The predicted octanol–water partition coefficient (Wildman–Crippen LogP) is 2.26. The Morgan fingerprint density at radius 1 is 1.14 bits per heavy atom. The Hall–Kier alpha value is -2.41. The molecule has 2 aliphatic rings. The van der Waals surface area contributed by atoms with Crippen molar-refractivity contribution in [2.24, 2.45) is 5.92 Å². The summed E-state index contributed by atoms with van der Waals surface area (Å²) < 4.78 is 18.9. The van der Waals surface area contributed by atoms with E-state index in [2.05, 4.69) is 4.98 Å². The summed E-state index contributed by atoms with van der Waals surface area (Å²) >= 11 is 0. The highest BCUT2D eigenvalue weighted by atomic mass is 19.1. The third-order valence-electron chi connectivity index (χ3n) is 5.93. The third-order valence-corrected chi connectivity index (χ3v) is 5.93. The number of morpholine rings is 1. The number of amides is 2. The Kier molecular flexibility index (Phi) is 5.35. The average molecular weight is 387 g/mol. The molecule has 0 atom stereocenters. The van der Waals surface area contributed by atoms with Gasteiger partial charge in [-0.2, -0.15) is 0 Å². The molecule has 0 unspecified atom stereocenters. The summed E-state index contributed by atoms with van der Waals surface area (Å²) in [6.45, 7) is 5.63. The van der Waals surface area contributed by atoms with Crippen molar-refractivity contribution in [3.05, 3.63) is 35.3 Å². The molecule has 7 heteroatoms. The molecule has 1 aromatic carbocycles. The van der Waals surface area contributed by atoms with Gasteiger partial charge in [0.2, 0.25) is 11.8 Å². The van der Waals surface area contributed by atoms with Crippen molar-refractivity contribution in [2.45, 2.75) is 26.2 Å². The second-order valence-electron chi connectivity index (χ2n) is 7.69. The van der Waals surface area contributed by atoms with Crippen LogP contribution in [0.2, 0.25) is 0 Å². The lowest BCUT2D eigenvalue weighted by Crippen LogP contribution is -2.47. The molecule has 0 spiro atoms. The summed E-state index contributed by atoms with van der Waals surface area (Å²) in [6, 6.07) is 4.60. The van der Waals surface area contributed by atoms with Crippen LogP contribution in [-0.4, -0.2) is 66.0 Å². The summed E-state index contributed by atoms with van der Waals surface area (Å²) in [6.07, 6.45) is 1.64. The fourth-order valence-corrected chi connectivity index (χ4v) is 4.26. The van der Waals surface area contributed by atoms with E-state index in [0.29, 0.717) is 52.2 Å². The normalized spacial score (nSPS) is 18.6. The summed E-state index contributed by atoms with van der Waals surface area (Å²) in [5.74, 6) is -0.0856. The number of carbonyl (C=O) groups excluding carboxylic acids is 2. The van der Waals surface area contributed by atoms with Crippen molar-refractivity contribution in [2.75, 3.05) is 39.4 Å². The van der Waals surface area contributed by atoms with Gasteiger partial charge in [-0.15, -0.1) is 0 Å². The number of hydrogen-bond donors (Lipinski definition) is 1. The van der Waals surface area contributed by atoms with E-state index >= 15 is 0 Å². The second-order valence-corrected chi connectivity index (χ2v) is 7.69. The van der Waals surface area contributed by atoms with Crippen molar-refractivity contribution >= 4 is 22.7 Å². The van der Waals surface area contributed by atoms with E-state index in [-0.39, 0.29) is 30.0 Å². The lowest BCUT2D eigenvalue weighted by Gasteiger charge is -2.35. The van der Waals surface area contributed by atoms with Crippen molar-refractivity contribution in [3.8, 4) is 0 Å². The standard InChI is InChI=1S/C21H26FN3O3/c1-14-17(18-12-16(22)2-3-19(18)23-14)13-20(26)24-6-4-15(5-7-24)21(27)25-8-10-28-11-9-25/h2-3,12,15,23H,4-11,13H2,1H3. The number of likely N-dealkylation sites (tertiary alicyclic amines) is 1. The number of nitrogens with one attached hydrogen (secondary N) is 1. The van der Waals surface area contributed by atoms with Crippen molar-refractivity contribution in [1.82, 2.24) is 14.8 Å². The molecule has 2 aromatic rings. The molecule has 2 fully saturated rings. The van der Waals surface area contributed by atoms with Crippen LogP contribution in [0.3, 0.4) is 0 Å². The van der Waals surface area contributed by atoms with Gasteiger partial charge in [-0.05, 0) is 43.5 Å². The highest BCUT2D eigenvalue weighted by molar-refractivity contribution is 5.90. The molecular formula is C21H26FN3O3. The van der Waals surface area contributed by atoms with E-state index in [1.165, 1.54) is 12.1 Å². The minimum absolute atomic E-state index is 0.00827. The first-order chi connectivity index (χ1) is 13.5. The summed E-state index contributed by atoms with van der Waals surface area (Å²) in [5, 5.41) is 0.767. The Morgan fingerprint density at radius 3 is 2.57 bits per heavy atom. The third kappa shape index (κ3) is 3.76. The Labute approximate surface area is 163 Å². The highest BCUT2D eigenvalue weighted by Crippen LogP contribution is 2.26. The molecule has 150 valence electrons. The van der Waals surface area contributed by atoms with Crippen molar-refractivity contribution in [1.29, 1.82) is 0 Å². The van der Waals surface area contributed by atoms with Crippen molar-refractivity contribution in [3.63, 3.8) is 0 Å². The fourth-order valence-electron chi connectivity index (χ4n) is 4.26. The average Bonchev–Trinajstić information content (AvgIpc) is 3.03. The quantitative estimate of drug-likeness (QED) is 0.879. The molecule has 0 aliphatic carbocycles. The van der Waals surface area contributed by atoms with Crippen LogP contribution < -0.4 is 0 Å². The van der Waals surface area contributed by atoms with Gasteiger partial charge < -0.3 is 19.5 Å². The number of rotatable bonds is 3. The number of aryl methyl sites for hydroxylation is 1. The maximum absolute atomic E-state index is 13.6. The van der Waals surface area contributed by atoms with Gasteiger partial charge in [0.05, 0.1) is 19.6 Å². The topological polar surface area (TPSA) is 65.6 Å². The molecule has 2 aliphatic heterocycles. The maximum Gasteiger partial charge on any atom is 0.227 e.